The third-order valence-electron chi connectivity index (χ3n) is 4.06. The molecule has 1 atom stereocenters. The van der Waals surface area contributed by atoms with Crippen LogP contribution < -0.4 is 9.64 Å². The van der Waals surface area contributed by atoms with Gasteiger partial charge in [-0.2, -0.15) is 0 Å². The van der Waals surface area contributed by atoms with Crippen LogP contribution in [-0.4, -0.2) is 36.4 Å². The normalized spacial score (nSPS) is 19.3. The largest absolute Gasteiger partial charge is 0.497 e. The van der Waals surface area contributed by atoms with E-state index < -0.39 is 0 Å². The molecular formula is C16H20N2O2. The maximum atomic E-state index is 9.59. The van der Waals surface area contributed by atoms with Crippen LogP contribution in [-0.2, 0) is 0 Å². The number of hydrogen-bond acceptors (Lipinski definition) is 4. The summed E-state index contributed by atoms with van der Waals surface area (Å²) in [4.78, 5) is 6.81. The Kier molecular flexibility index (Phi) is 3.74. The van der Waals surface area contributed by atoms with Gasteiger partial charge in [-0.15, -0.1) is 0 Å². The lowest BCUT2D eigenvalue weighted by molar-refractivity contribution is 0.239. The maximum absolute atomic E-state index is 9.59. The van der Waals surface area contributed by atoms with Crippen LogP contribution >= 0.6 is 0 Å². The van der Waals surface area contributed by atoms with Crippen molar-refractivity contribution in [2.75, 3.05) is 25.2 Å². The van der Waals surface area contributed by atoms with Crippen molar-refractivity contribution in [1.82, 2.24) is 4.98 Å². The number of benzene rings is 1. The van der Waals surface area contributed by atoms with Gasteiger partial charge < -0.3 is 14.7 Å². The predicted octanol–water partition coefficient (Wildman–Crippen LogP) is 2.59. The van der Waals surface area contributed by atoms with Crippen molar-refractivity contribution in [3.8, 4) is 5.75 Å². The van der Waals surface area contributed by atoms with Crippen LogP contribution in [0.4, 0.5) is 5.82 Å². The van der Waals surface area contributed by atoms with Crippen LogP contribution in [0.25, 0.3) is 10.8 Å². The molecule has 2 heterocycles. The minimum absolute atomic E-state index is 0.184. The number of fused-ring (bicyclic) bond motifs is 1. The molecule has 3 rings (SSSR count). The van der Waals surface area contributed by atoms with Gasteiger partial charge in [0.05, 0.1) is 19.8 Å². The number of hydrogen-bond donors (Lipinski definition) is 1. The van der Waals surface area contributed by atoms with Gasteiger partial charge in [-0.05, 0) is 48.9 Å². The number of methoxy groups -OCH3 is 1. The van der Waals surface area contributed by atoms with Crippen LogP contribution in [0.3, 0.4) is 0 Å². The molecule has 1 aromatic carbocycles. The van der Waals surface area contributed by atoms with Gasteiger partial charge >= 0.3 is 0 Å². The Morgan fingerprint density at radius 1 is 1.35 bits per heavy atom. The second-order valence-corrected chi connectivity index (χ2v) is 5.25. The van der Waals surface area contributed by atoms with Gasteiger partial charge in [-0.3, -0.25) is 0 Å². The van der Waals surface area contributed by atoms with Crippen LogP contribution in [0.1, 0.15) is 19.3 Å². The maximum Gasteiger partial charge on any atom is 0.136 e. The summed E-state index contributed by atoms with van der Waals surface area (Å²) in [5.41, 5.74) is 0. The zero-order valence-corrected chi connectivity index (χ0v) is 11.7. The fourth-order valence-electron chi connectivity index (χ4n) is 2.97. The van der Waals surface area contributed by atoms with Gasteiger partial charge in [0, 0.05) is 18.1 Å². The van der Waals surface area contributed by atoms with E-state index in [1.807, 2.05) is 24.4 Å². The highest BCUT2D eigenvalue weighted by Gasteiger charge is 2.24. The average molecular weight is 272 g/mol. The number of rotatable bonds is 3. The van der Waals surface area contributed by atoms with Crippen LogP contribution in [0.2, 0.25) is 0 Å². The second-order valence-electron chi connectivity index (χ2n) is 5.25. The quantitative estimate of drug-likeness (QED) is 0.933. The summed E-state index contributed by atoms with van der Waals surface area (Å²) in [6.07, 6.45) is 5.20. The third-order valence-corrected chi connectivity index (χ3v) is 4.06. The van der Waals surface area contributed by atoms with E-state index >= 15 is 0 Å². The first kappa shape index (κ1) is 13.2. The van der Waals surface area contributed by atoms with E-state index in [4.69, 9.17) is 4.74 Å². The lowest BCUT2D eigenvalue weighted by Gasteiger charge is -2.36. The molecule has 1 unspecified atom stereocenters. The SMILES string of the molecule is COc1ccc2c(N3CCCCC3CO)nccc2c1. The number of aliphatic hydroxyl groups is 1. The lowest BCUT2D eigenvalue weighted by atomic mass is 10.0. The standard InChI is InChI=1S/C16H20N2O2/c1-20-14-5-6-15-12(10-14)7-8-17-16(15)18-9-3-2-4-13(18)11-19/h5-8,10,13,19H,2-4,9,11H2,1H3. The fraction of sp³-hybridized carbons (Fsp3) is 0.438. The first-order chi connectivity index (χ1) is 9.83. The Morgan fingerprint density at radius 2 is 2.25 bits per heavy atom. The minimum atomic E-state index is 0.184. The van der Waals surface area contributed by atoms with Gasteiger partial charge in [0.15, 0.2) is 0 Å². The van der Waals surface area contributed by atoms with E-state index in [-0.39, 0.29) is 12.6 Å². The summed E-state index contributed by atoms with van der Waals surface area (Å²) in [6.45, 7) is 1.15. The molecule has 0 spiro atoms. The number of aliphatic hydroxyl groups excluding tert-OH is 1. The Morgan fingerprint density at radius 3 is 3.05 bits per heavy atom. The highest BCUT2D eigenvalue weighted by atomic mass is 16.5. The topological polar surface area (TPSA) is 45.6 Å². The predicted molar refractivity (Wildman–Crippen MR) is 80.4 cm³/mol. The van der Waals surface area contributed by atoms with Gasteiger partial charge in [0.25, 0.3) is 0 Å². The highest BCUT2D eigenvalue weighted by Crippen LogP contribution is 2.31. The van der Waals surface area contributed by atoms with E-state index in [1.54, 1.807) is 7.11 Å². The summed E-state index contributed by atoms with van der Waals surface area (Å²) >= 11 is 0. The first-order valence-corrected chi connectivity index (χ1v) is 7.13. The van der Waals surface area contributed by atoms with Gasteiger partial charge in [0.1, 0.15) is 11.6 Å². The summed E-state index contributed by atoms with van der Waals surface area (Å²) < 4.78 is 5.28. The van der Waals surface area contributed by atoms with Crippen molar-refractivity contribution in [3.63, 3.8) is 0 Å². The van der Waals surface area contributed by atoms with Crippen molar-refractivity contribution in [3.05, 3.63) is 30.5 Å². The van der Waals surface area contributed by atoms with Gasteiger partial charge in [-0.1, -0.05) is 0 Å². The van der Waals surface area contributed by atoms with E-state index in [9.17, 15) is 5.11 Å². The molecule has 4 heteroatoms. The van der Waals surface area contributed by atoms with E-state index in [0.717, 1.165) is 41.7 Å². The molecule has 106 valence electrons. The smallest absolute Gasteiger partial charge is 0.136 e. The van der Waals surface area contributed by atoms with Crippen LogP contribution in [0.15, 0.2) is 30.5 Å². The molecule has 0 bridgehead atoms. The molecule has 1 aromatic heterocycles. The van der Waals surface area contributed by atoms with Crippen molar-refractivity contribution in [2.45, 2.75) is 25.3 Å². The van der Waals surface area contributed by atoms with E-state index in [0.29, 0.717) is 0 Å². The van der Waals surface area contributed by atoms with E-state index in [1.165, 1.54) is 6.42 Å². The molecule has 1 aliphatic heterocycles. The average Bonchev–Trinajstić information content (AvgIpc) is 2.53. The number of nitrogens with zero attached hydrogens (tertiary/aromatic N) is 2. The molecule has 1 aliphatic rings. The van der Waals surface area contributed by atoms with Crippen molar-refractivity contribution in [1.29, 1.82) is 0 Å². The Labute approximate surface area is 119 Å². The zero-order valence-electron chi connectivity index (χ0n) is 11.7. The Balaban J connectivity index is 2.06. The summed E-state index contributed by atoms with van der Waals surface area (Å²) in [6, 6.07) is 8.23. The molecule has 0 radical (unpaired) electrons. The Bertz CT molecular complexity index is 600. The fourth-order valence-corrected chi connectivity index (χ4v) is 2.97. The van der Waals surface area contributed by atoms with Crippen molar-refractivity contribution < 1.29 is 9.84 Å². The molecule has 4 nitrogen and oxygen atoms in total. The molecule has 0 saturated carbocycles. The highest BCUT2D eigenvalue weighted by molar-refractivity contribution is 5.93. The molecule has 1 fully saturated rings. The molecule has 0 amide bonds. The van der Waals surface area contributed by atoms with Gasteiger partial charge in [-0.25, -0.2) is 4.98 Å². The van der Waals surface area contributed by atoms with E-state index in [2.05, 4.69) is 16.0 Å². The van der Waals surface area contributed by atoms with Crippen LogP contribution in [0.5, 0.6) is 5.75 Å². The lowest BCUT2D eigenvalue weighted by Crippen LogP contribution is -2.42. The summed E-state index contributed by atoms with van der Waals surface area (Å²) in [7, 11) is 1.68. The van der Waals surface area contributed by atoms with Crippen LogP contribution in [0, 0.1) is 0 Å². The molecular weight excluding hydrogens is 252 g/mol. The molecule has 20 heavy (non-hydrogen) atoms. The third kappa shape index (κ3) is 2.31. The summed E-state index contributed by atoms with van der Waals surface area (Å²) in [5.74, 6) is 1.83. The first-order valence-electron chi connectivity index (χ1n) is 7.13. The molecule has 1 N–H and O–H groups in total. The van der Waals surface area contributed by atoms with Crippen molar-refractivity contribution in [2.24, 2.45) is 0 Å². The molecule has 2 aromatic rings. The minimum Gasteiger partial charge on any atom is -0.497 e. The molecule has 0 aliphatic carbocycles. The molecule has 1 saturated heterocycles. The zero-order chi connectivity index (χ0) is 13.9. The van der Waals surface area contributed by atoms with Crippen molar-refractivity contribution >= 4 is 16.6 Å². The Hall–Kier alpha value is -1.81. The summed E-state index contributed by atoms with van der Waals surface area (Å²) in [5, 5.41) is 11.8. The number of piperidine rings is 1. The second kappa shape index (κ2) is 5.67. The monoisotopic (exact) mass is 272 g/mol. The number of pyridine rings is 1. The van der Waals surface area contributed by atoms with Gasteiger partial charge in [0.2, 0.25) is 0 Å². The number of ether oxygens (including phenoxy) is 1. The number of anilines is 1. The number of aromatic nitrogens is 1.